The third-order valence-corrected chi connectivity index (χ3v) is 10.5. The Morgan fingerprint density at radius 1 is 0.962 bits per heavy atom. The lowest BCUT2D eigenvalue weighted by Gasteiger charge is -2.27. The van der Waals surface area contributed by atoms with Crippen LogP contribution in [0.4, 0.5) is 11.6 Å². The fourth-order valence-electron chi connectivity index (χ4n) is 6.70. The Morgan fingerprint density at radius 2 is 1.64 bits per heavy atom. The summed E-state index contributed by atoms with van der Waals surface area (Å²) in [7, 11) is 0. The van der Waals surface area contributed by atoms with Crippen molar-refractivity contribution >= 4 is 58.5 Å². The van der Waals surface area contributed by atoms with Gasteiger partial charge in [-0.05, 0) is 94.5 Å². The number of nitriles is 1. The summed E-state index contributed by atoms with van der Waals surface area (Å²) in [5, 5.41) is 28.3. The van der Waals surface area contributed by atoms with Crippen LogP contribution in [0, 0.1) is 11.3 Å². The van der Waals surface area contributed by atoms with Gasteiger partial charge in [0.15, 0.2) is 0 Å². The largest absolute Gasteiger partial charge is 0.394 e. The van der Waals surface area contributed by atoms with E-state index in [4.69, 9.17) is 23.2 Å². The molecule has 53 heavy (non-hydrogen) atoms. The number of amides is 4. The molecular weight excluding hydrogens is 719 g/mol. The van der Waals surface area contributed by atoms with Gasteiger partial charge in [-0.3, -0.25) is 28.7 Å². The number of nitrogens with zero attached hydrogens (tertiary/aromatic N) is 5. The third-order valence-electron chi connectivity index (χ3n) is 10.1. The van der Waals surface area contributed by atoms with Gasteiger partial charge in [-0.1, -0.05) is 35.3 Å². The number of pyridine rings is 1. The first-order chi connectivity index (χ1) is 25.1. The van der Waals surface area contributed by atoms with E-state index < -0.39 is 28.1 Å². The van der Waals surface area contributed by atoms with Crippen LogP contribution in [0.2, 0.25) is 10.0 Å². The van der Waals surface area contributed by atoms with Crippen molar-refractivity contribution in [1.29, 1.82) is 5.26 Å². The van der Waals surface area contributed by atoms with E-state index in [1.165, 1.54) is 17.3 Å². The smallest absolute Gasteiger partial charge is 0.270 e. The number of nitrogens with one attached hydrogen (secondary N) is 3. The number of benzene rings is 2. The summed E-state index contributed by atoms with van der Waals surface area (Å²) in [5.41, 5.74) is -1.66. The number of carbonyl (C=O) groups is 4. The number of fused-ring (bicyclic) bond motifs is 1. The molecule has 15 heteroatoms. The average Bonchev–Trinajstić information content (AvgIpc) is 4.03. The van der Waals surface area contributed by atoms with Crippen LogP contribution in [0.1, 0.15) is 84.1 Å². The number of aliphatic hydroxyl groups excluding tert-OH is 1. The number of aromatic nitrogens is 3. The monoisotopic (exact) mass is 754 g/mol. The van der Waals surface area contributed by atoms with Crippen molar-refractivity contribution in [2.75, 3.05) is 11.5 Å². The van der Waals surface area contributed by atoms with Gasteiger partial charge in [0.2, 0.25) is 11.9 Å². The van der Waals surface area contributed by atoms with Crippen molar-refractivity contribution in [2.24, 2.45) is 0 Å². The molecule has 7 rings (SSSR count). The predicted octanol–water partition coefficient (Wildman–Crippen LogP) is 4.66. The van der Waals surface area contributed by atoms with Crippen LogP contribution in [-0.4, -0.2) is 61.0 Å². The lowest BCUT2D eigenvalue weighted by atomic mass is 9.91. The lowest BCUT2D eigenvalue weighted by Crippen LogP contribution is -2.52. The van der Waals surface area contributed by atoms with E-state index in [9.17, 15) is 29.5 Å². The van der Waals surface area contributed by atoms with E-state index in [2.05, 4.69) is 32.0 Å². The van der Waals surface area contributed by atoms with Gasteiger partial charge in [0.25, 0.3) is 17.7 Å². The maximum absolute atomic E-state index is 14.4. The minimum atomic E-state index is -1.35. The number of imidazole rings is 1. The van der Waals surface area contributed by atoms with Crippen molar-refractivity contribution in [3.05, 3.63) is 105 Å². The van der Waals surface area contributed by atoms with E-state index in [1.807, 2.05) is 0 Å². The van der Waals surface area contributed by atoms with Gasteiger partial charge in [0.05, 0.1) is 46.9 Å². The third kappa shape index (κ3) is 6.63. The number of carbonyl (C=O) groups excluding carboxylic acids is 4. The van der Waals surface area contributed by atoms with Crippen molar-refractivity contribution in [2.45, 2.75) is 75.0 Å². The Hall–Kier alpha value is -5.29. The Bertz CT molecular complexity index is 2200. The quantitative estimate of drug-likeness (QED) is 0.171. The highest BCUT2D eigenvalue weighted by atomic mass is 35.5. The molecule has 3 heterocycles. The van der Waals surface area contributed by atoms with E-state index in [-0.39, 0.29) is 42.4 Å². The topological polar surface area (TPSA) is 182 Å². The molecule has 2 aromatic carbocycles. The maximum atomic E-state index is 14.4. The van der Waals surface area contributed by atoms with Crippen molar-refractivity contribution in [1.82, 2.24) is 30.5 Å². The molecule has 0 saturated heterocycles. The van der Waals surface area contributed by atoms with Crippen LogP contribution in [0.25, 0.3) is 0 Å². The molecule has 4 amide bonds. The highest BCUT2D eigenvalue weighted by Crippen LogP contribution is 2.48. The molecule has 0 bridgehead atoms. The molecule has 0 spiro atoms. The first-order valence-electron chi connectivity index (χ1n) is 17.1. The number of hydrogen-bond donors (Lipinski definition) is 4. The van der Waals surface area contributed by atoms with Crippen molar-refractivity contribution in [3.63, 3.8) is 0 Å². The summed E-state index contributed by atoms with van der Waals surface area (Å²) in [6.07, 6.45) is 5.01. The molecule has 2 saturated carbocycles. The Morgan fingerprint density at radius 3 is 2.25 bits per heavy atom. The molecule has 0 unspecified atom stereocenters. The van der Waals surface area contributed by atoms with Crippen LogP contribution in [-0.2, 0) is 27.1 Å². The molecular formula is C38H36Cl2N8O5. The van der Waals surface area contributed by atoms with Gasteiger partial charge in [0.1, 0.15) is 16.8 Å². The molecule has 4 aromatic rings. The van der Waals surface area contributed by atoms with E-state index in [1.54, 1.807) is 79.9 Å². The van der Waals surface area contributed by atoms with Crippen LogP contribution in [0.15, 0.2) is 67.0 Å². The number of aliphatic hydroxyl groups is 1. The van der Waals surface area contributed by atoms with Crippen LogP contribution in [0.3, 0.4) is 0 Å². The van der Waals surface area contributed by atoms with E-state index >= 15 is 0 Å². The first kappa shape index (κ1) is 36.1. The molecule has 272 valence electrons. The number of halogens is 2. The van der Waals surface area contributed by atoms with E-state index in [0.29, 0.717) is 58.2 Å². The summed E-state index contributed by atoms with van der Waals surface area (Å²) in [6.45, 7) is 4.88. The second-order valence-corrected chi connectivity index (χ2v) is 15.7. The second kappa shape index (κ2) is 13.0. The normalized spacial score (nSPS) is 19.2. The SMILES string of the molecule is CC(C)(CO)NC(=O)c1ccnc(C2(NC(=O)C3(NC(=O)c4cnc5n4[C@](C)(Cc4ccc(C#N)cc4)C(=O)N5c4cc(Cl)cc(Cl)c4)CC3)CC2)c1. The number of anilines is 2. The fraction of sp³-hybridized carbons (Fsp3) is 0.342. The Balaban J connectivity index is 1.16. The summed E-state index contributed by atoms with van der Waals surface area (Å²) in [5.74, 6) is -1.55. The zero-order valence-electron chi connectivity index (χ0n) is 29.2. The number of hydrogen-bond acceptors (Lipinski definition) is 8. The Kier molecular flexibility index (Phi) is 8.84. The minimum absolute atomic E-state index is 0.0755. The summed E-state index contributed by atoms with van der Waals surface area (Å²) >= 11 is 12.7. The van der Waals surface area contributed by atoms with Crippen LogP contribution < -0.4 is 20.9 Å². The van der Waals surface area contributed by atoms with Gasteiger partial charge in [-0.2, -0.15) is 5.26 Å². The lowest BCUT2D eigenvalue weighted by molar-refractivity contribution is -0.125. The highest BCUT2D eigenvalue weighted by molar-refractivity contribution is 6.35. The van der Waals surface area contributed by atoms with Crippen molar-refractivity contribution < 1.29 is 24.3 Å². The van der Waals surface area contributed by atoms with Crippen LogP contribution >= 0.6 is 23.2 Å². The van der Waals surface area contributed by atoms with Gasteiger partial charge < -0.3 is 21.1 Å². The molecule has 2 aliphatic carbocycles. The average molecular weight is 756 g/mol. The molecule has 2 fully saturated rings. The summed E-state index contributed by atoms with van der Waals surface area (Å²) in [6, 6.07) is 16.9. The second-order valence-electron chi connectivity index (χ2n) is 14.8. The summed E-state index contributed by atoms with van der Waals surface area (Å²) in [4.78, 5) is 65.8. The highest BCUT2D eigenvalue weighted by Gasteiger charge is 2.57. The number of rotatable bonds is 11. The molecule has 1 aliphatic heterocycles. The molecule has 1 atom stereocenters. The van der Waals surface area contributed by atoms with Crippen molar-refractivity contribution in [3.8, 4) is 6.07 Å². The first-order valence-corrected chi connectivity index (χ1v) is 17.8. The fourth-order valence-corrected chi connectivity index (χ4v) is 7.21. The molecule has 4 N–H and O–H groups in total. The molecule has 13 nitrogen and oxygen atoms in total. The molecule has 3 aliphatic rings. The van der Waals surface area contributed by atoms with Gasteiger partial charge in [-0.25, -0.2) is 9.88 Å². The minimum Gasteiger partial charge on any atom is -0.394 e. The van der Waals surface area contributed by atoms with Gasteiger partial charge >= 0.3 is 0 Å². The summed E-state index contributed by atoms with van der Waals surface area (Å²) < 4.78 is 1.58. The maximum Gasteiger partial charge on any atom is 0.270 e. The van der Waals surface area contributed by atoms with Gasteiger partial charge in [0, 0.05) is 28.2 Å². The zero-order chi connectivity index (χ0) is 37.9. The van der Waals surface area contributed by atoms with Crippen LogP contribution in [0.5, 0.6) is 0 Å². The van der Waals surface area contributed by atoms with E-state index in [0.717, 1.165) is 5.56 Å². The Labute approximate surface area is 315 Å². The molecule has 0 radical (unpaired) electrons. The molecule has 2 aromatic heterocycles. The zero-order valence-corrected chi connectivity index (χ0v) is 30.7. The predicted molar refractivity (Wildman–Crippen MR) is 196 cm³/mol. The van der Waals surface area contributed by atoms with Gasteiger partial charge in [-0.15, -0.1) is 0 Å². The standard InChI is InChI=1S/C38H36Cl2N8O5/c1-35(2,21-49)44-30(50)24-8-13-42-29(14-24)37(9-10-37)46-32(52)38(11-12-38)45-31(51)28-20-43-34-47(27-16-25(39)15-26(40)17-27)33(53)36(3,48(28)34)18-22-4-6-23(19-41)7-5-22/h4-8,13-17,20,49H,9-12,18,21H2,1-3H3,(H,44,50)(H,45,51)(H,46,52)/t36-/m1/s1.